The molecule has 1 nitrogen and oxygen atoms in total. The van der Waals surface area contributed by atoms with Crippen LogP contribution in [0.25, 0.3) is 0 Å². The molecule has 0 fully saturated rings. The monoisotopic (exact) mass is 317 g/mol. The number of hydrogen-bond acceptors (Lipinski definition) is 3. The van der Waals surface area contributed by atoms with Crippen molar-refractivity contribution in [3.63, 3.8) is 0 Å². The topological polar surface area (TPSA) is 17.1 Å². The third-order valence-corrected chi connectivity index (χ3v) is 2.46. The van der Waals surface area contributed by atoms with Crippen molar-refractivity contribution in [3.8, 4) is 46.7 Å². The van der Waals surface area contributed by atoms with Crippen molar-refractivity contribution in [2.24, 2.45) is 0 Å². The van der Waals surface area contributed by atoms with Gasteiger partial charge in [0, 0.05) is 0 Å². The minimum atomic E-state index is -0.742. The molecule has 0 aliphatic carbocycles. The van der Waals surface area contributed by atoms with Crippen LogP contribution in [0, 0.1) is 46.7 Å². The fourth-order valence-electron chi connectivity index (χ4n) is 0.254. The second-order valence-electron chi connectivity index (χ2n) is 1.35. The predicted molar refractivity (Wildman–Crippen MR) is 54.1 cm³/mol. The molecule has 0 radical (unpaired) electrons. The summed E-state index contributed by atoms with van der Waals surface area (Å²) in [7, 11) is 3.84. The van der Waals surface area contributed by atoms with Crippen LogP contribution < -0.4 is 19.8 Å². The van der Waals surface area contributed by atoms with E-state index in [1.165, 1.54) is 0 Å². The molecule has 0 unspecified atom stereocenters. The van der Waals surface area contributed by atoms with E-state index in [9.17, 15) is 4.79 Å². The molecule has 0 bridgehead atoms. The first kappa shape index (κ1) is 12.3. The molecule has 0 saturated heterocycles. The van der Waals surface area contributed by atoms with E-state index in [1.54, 1.807) is 0 Å². The van der Waals surface area contributed by atoms with E-state index in [0.717, 1.165) is 0 Å². The van der Waals surface area contributed by atoms with Crippen molar-refractivity contribution in [3.05, 3.63) is 0 Å². The van der Waals surface area contributed by atoms with Gasteiger partial charge in [-0.2, -0.15) is 0 Å². The Hall–Kier alpha value is -0.660. The van der Waals surface area contributed by atoms with Crippen LogP contribution in [0.4, 0.5) is 0 Å². The molecule has 0 aromatic carbocycles. The predicted octanol–water partition coefficient (Wildman–Crippen LogP) is -2.65. The van der Waals surface area contributed by atoms with Gasteiger partial charge in [0.15, 0.2) is 0 Å². The Kier molecular flexibility index (Phi) is 8.95. The molecule has 0 spiro atoms. The Balaban J connectivity index is 4.12. The van der Waals surface area contributed by atoms with Crippen molar-refractivity contribution < 1.29 is 24.6 Å². The van der Waals surface area contributed by atoms with Crippen LogP contribution in [0.2, 0.25) is 0 Å². The van der Waals surface area contributed by atoms with Crippen LogP contribution in [0.15, 0.2) is 0 Å². The van der Waals surface area contributed by atoms with E-state index in [1.807, 2.05) is 0 Å². The van der Waals surface area contributed by atoms with Crippen LogP contribution in [0.3, 0.4) is 0 Å². The standard InChI is InChI=1S/C9H2IOS2/c11-9(10-13)7-5-3-1-2-4-6-8-12/h12-13H/q-1. The summed E-state index contributed by atoms with van der Waals surface area (Å²) in [5.41, 5.74) is 0. The fraction of sp³-hybridized carbons (Fsp3) is 0. The molecular formula is C9H2IOS2-. The van der Waals surface area contributed by atoms with Crippen LogP contribution in [-0.4, -0.2) is 3.79 Å². The maximum absolute atomic E-state index is 10.6. The summed E-state index contributed by atoms with van der Waals surface area (Å²) in [6.45, 7) is 0. The van der Waals surface area contributed by atoms with Crippen molar-refractivity contribution in [2.45, 2.75) is 0 Å². The van der Waals surface area contributed by atoms with E-state index >= 15 is 0 Å². The first-order chi connectivity index (χ1) is 6.31. The summed E-state index contributed by atoms with van der Waals surface area (Å²) in [5.74, 6) is 16.7. The summed E-state index contributed by atoms with van der Waals surface area (Å²) in [6.07, 6.45) is 0. The maximum atomic E-state index is 10.6. The van der Waals surface area contributed by atoms with Crippen molar-refractivity contribution in [1.82, 2.24) is 0 Å². The van der Waals surface area contributed by atoms with Gasteiger partial charge in [0.1, 0.15) is 0 Å². The second-order valence-corrected chi connectivity index (χ2v) is 4.16. The summed E-state index contributed by atoms with van der Waals surface area (Å²) < 4.78 is -0.153. The van der Waals surface area contributed by atoms with Gasteiger partial charge in [-0.15, -0.1) is 0 Å². The van der Waals surface area contributed by atoms with Crippen molar-refractivity contribution in [1.29, 1.82) is 0 Å². The number of carbonyl (C=O) groups is 1. The molecule has 13 heavy (non-hydrogen) atoms. The molecule has 0 heterocycles. The zero-order valence-corrected chi connectivity index (χ0v) is 10.1. The third-order valence-electron chi connectivity index (χ3n) is 0.606. The van der Waals surface area contributed by atoms with Gasteiger partial charge in [0.05, 0.1) is 0 Å². The molecule has 0 saturated carbocycles. The first-order valence-corrected chi connectivity index (χ1v) is 7.54. The van der Waals surface area contributed by atoms with Gasteiger partial charge < -0.3 is 0 Å². The number of carbonyl (C=O) groups excluding carboxylic acids is 1. The van der Waals surface area contributed by atoms with E-state index in [4.69, 9.17) is 0 Å². The van der Waals surface area contributed by atoms with E-state index in [-0.39, 0.29) is 3.79 Å². The molecule has 0 rings (SSSR count). The molecular weight excluding hydrogens is 315 g/mol. The van der Waals surface area contributed by atoms with Gasteiger partial charge >= 0.3 is 97.5 Å². The minimum absolute atomic E-state index is 0.153. The molecule has 0 aliphatic rings. The Bertz CT molecular complexity index is 423. The summed E-state index contributed by atoms with van der Waals surface area (Å²) >= 11 is 2.87. The molecule has 0 atom stereocenters. The molecule has 64 valence electrons. The summed E-state index contributed by atoms with van der Waals surface area (Å²) in [4.78, 5) is 10.6. The Labute approximate surface area is 97.0 Å². The van der Waals surface area contributed by atoms with Crippen molar-refractivity contribution >= 4 is 26.2 Å². The summed E-state index contributed by atoms with van der Waals surface area (Å²) in [5, 5.41) is 2.29. The van der Waals surface area contributed by atoms with Crippen LogP contribution >= 0.6 is 22.4 Å². The van der Waals surface area contributed by atoms with E-state index in [2.05, 4.69) is 69.1 Å². The Morgan fingerprint density at radius 3 is 2.08 bits per heavy atom. The zero-order valence-electron chi connectivity index (χ0n) is 6.18. The average molecular weight is 317 g/mol. The van der Waals surface area contributed by atoms with E-state index in [0.29, 0.717) is 0 Å². The second kappa shape index (κ2) is 9.43. The van der Waals surface area contributed by atoms with E-state index < -0.39 is 19.8 Å². The molecule has 0 aromatic heterocycles. The number of hydrogen-bond donors (Lipinski definition) is 2. The fourth-order valence-corrected chi connectivity index (χ4v) is 0.849. The Morgan fingerprint density at radius 1 is 1.00 bits per heavy atom. The number of thiol groups is 2. The van der Waals surface area contributed by atoms with Gasteiger partial charge in [-0.05, 0) is 0 Å². The number of halogens is 1. The van der Waals surface area contributed by atoms with Gasteiger partial charge in [-0.1, -0.05) is 0 Å². The number of rotatable bonds is 1. The molecule has 0 amide bonds. The zero-order chi connectivity index (χ0) is 9.94. The molecule has 0 aliphatic heterocycles. The third kappa shape index (κ3) is 9.25. The normalized spacial score (nSPS) is 5.69. The Morgan fingerprint density at radius 2 is 1.54 bits per heavy atom. The van der Waals surface area contributed by atoms with Gasteiger partial charge in [0.2, 0.25) is 0 Å². The average Bonchev–Trinajstić information content (AvgIpc) is 2.16. The molecule has 0 aromatic rings. The first-order valence-electron chi connectivity index (χ1n) is 2.79. The van der Waals surface area contributed by atoms with Gasteiger partial charge in [-0.25, -0.2) is 0 Å². The van der Waals surface area contributed by atoms with Gasteiger partial charge in [0.25, 0.3) is 0 Å². The molecule has 4 heteroatoms. The van der Waals surface area contributed by atoms with Crippen LogP contribution in [-0.2, 0) is 4.79 Å². The van der Waals surface area contributed by atoms with Crippen LogP contribution in [0.1, 0.15) is 0 Å². The van der Waals surface area contributed by atoms with Crippen LogP contribution in [0.5, 0.6) is 0 Å². The quantitative estimate of drug-likeness (QED) is 0.234. The molecule has 0 N–H and O–H groups in total. The van der Waals surface area contributed by atoms with Gasteiger partial charge in [-0.3, -0.25) is 0 Å². The summed E-state index contributed by atoms with van der Waals surface area (Å²) in [6, 6.07) is 0. The SMILES string of the molecule is O=C(C#CC#CC#CC#CS)[I-]S. The van der Waals surface area contributed by atoms with Crippen molar-refractivity contribution in [2.75, 3.05) is 0 Å².